The lowest BCUT2D eigenvalue weighted by Gasteiger charge is -2.34. The first-order valence-corrected chi connectivity index (χ1v) is 12.9. The minimum absolute atomic E-state index is 0.225. The summed E-state index contributed by atoms with van der Waals surface area (Å²) < 4.78 is 10.7. The highest BCUT2D eigenvalue weighted by atomic mass is 16.6. The van der Waals surface area contributed by atoms with E-state index in [9.17, 15) is 19.5 Å². The number of carbonyl (C=O) groups is 3. The molecule has 0 unspecified atom stereocenters. The van der Waals surface area contributed by atoms with E-state index in [4.69, 9.17) is 15.2 Å². The number of hydrogen-bond acceptors (Lipinski definition) is 6. The molecule has 2 aliphatic rings. The van der Waals surface area contributed by atoms with Gasteiger partial charge in [0.1, 0.15) is 23.8 Å². The molecule has 2 aliphatic carbocycles. The smallest absolute Gasteiger partial charge is 0.411 e. The van der Waals surface area contributed by atoms with Crippen molar-refractivity contribution >= 4 is 18.0 Å². The Bertz CT molecular complexity index is 641. The fraction of sp³-hybridized carbons (Fsp3) is 0.885. The van der Waals surface area contributed by atoms with Crippen molar-refractivity contribution in [2.45, 2.75) is 135 Å². The lowest BCUT2D eigenvalue weighted by Crippen LogP contribution is -2.51. The molecule has 2 fully saturated rings. The van der Waals surface area contributed by atoms with E-state index in [1.54, 1.807) is 41.5 Å². The van der Waals surface area contributed by atoms with Crippen LogP contribution < -0.4 is 5.73 Å². The fourth-order valence-electron chi connectivity index (χ4n) is 4.37. The molecule has 0 aliphatic heterocycles. The molecule has 2 rings (SSSR count). The Labute approximate surface area is 205 Å². The molecule has 0 aromatic rings. The van der Waals surface area contributed by atoms with Gasteiger partial charge in [-0.2, -0.15) is 0 Å². The molecular weight excluding hydrogens is 436 g/mol. The van der Waals surface area contributed by atoms with Crippen molar-refractivity contribution in [3.63, 3.8) is 0 Å². The van der Waals surface area contributed by atoms with Gasteiger partial charge in [-0.25, -0.2) is 9.59 Å². The first-order valence-electron chi connectivity index (χ1n) is 12.9. The van der Waals surface area contributed by atoms with E-state index in [0.29, 0.717) is 12.5 Å². The molecule has 8 heteroatoms. The van der Waals surface area contributed by atoms with Crippen molar-refractivity contribution in [1.29, 1.82) is 0 Å². The summed E-state index contributed by atoms with van der Waals surface area (Å²) in [7, 11) is 0. The Morgan fingerprint density at radius 2 is 1.32 bits per heavy atom. The van der Waals surface area contributed by atoms with E-state index in [1.165, 1.54) is 32.1 Å². The molecule has 2 saturated carbocycles. The van der Waals surface area contributed by atoms with E-state index < -0.39 is 41.8 Å². The summed E-state index contributed by atoms with van der Waals surface area (Å²) in [6.07, 6.45) is 11.3. The third-order valence-corrected chi connectivity index (χ3v) is 5.94. The Morgan fingerprint density at radius 1 is 0.853 bits per heavy atom. The van der Waals surface area contributed by atoms with Gasteiger partial charge in [0.2, 0.25) is 0 Å². The van der Waals surface area contributed by atoms with Crippen molar-refractivity contribution in [3.8, 4) is 0 Å². The Hall–Kier alpha value is -1.83. The number of rotatable bonds is 6. The Kier molecular flexibility index (Phi) is 12.4. The maximum atomic E-state index is 12.7. The summed E-state index contributed by atoms with van der Waals surface area (Å²) in [6, 6.07) is -0.579. The van der Waals surface area contributed by atoms with E-state index in [2.05, 4.69) is 0 Å². The second kappa shape index (κ2) is 13.9. The SMILES string of the molecule is CC(C)(C)OC(=O)CN(C(=O)OC(C)(C)C)[C@H](CC1CCCCC1)C(=O)O.NC1CCCCC1. The number of nitrogens with zero attached hydrogens (tertiary/aromatic N) is 1. The molecule has 1 atom stereocenters. The van der Waals surface area contributed by atoms with Gasteiger partial charge in [-0.15, -0.1) is 0 Å². The zero-order valence-corrected chi connectivity index (χ0v) is 22.2. The van der Waals surface area contributed by atoms with Gasteiger partial charge >= 0.3 is 18.0 Å². The van der Waals surface area contributed by atoms with Crippen LogP contribution in [0.3, 0.4) is 0 Å². The molecule has 0 spiro atoms. The summed E-state index contributed by atoms with van der Waals surface area (Å²) in [5.74, 6) is -1.55. The minimum atomic E-state index is -1.13. The van der Waals surface area contributed by atoms with E-state index in [-0.39, 0.29) is 5.92 Å². The van der Waals surface area contributed by atoms with Gasteiger partial charge in [0.25, 0.3) is 0 Å². The van der Waals surface area contributed by atoms with Gasteiger partial charge in [0, 0.05) is 6.04 Å². The predicted octanol–water partition coefficient (Wildman–Crippen LogP) is 5.27. The second-order valence-electron chi connectivity index (χ2n) is 11.7. The molecule has 1 amide bonds. The number of aliphatic carboxylic acids is 1. The topological polar surface area (TPSA) is 119 Å². The zero-order chi connectivity index (χ0) is 25.9. The third kappa shape index (κ3) is 13.2. The van der Waals surface area contributed by atoms with Crippen LogP contribution in [0.15, 0.2) is 0 Å². The number of amides is 1. The van der Waals surface area contributed by atoms with Gasteiger partial charge in [-0.05, 0) is 66.7 Å². The number of hydrogen-bond donors (Lipinski definition) is 2. The van der Waals surface area contributed by atoms with Crippen molar-refractivity contribution in [3.05, 3.63) is 0 Å². The summed E-state index contributed by atoms with van der Waals surface area (Å²) >= 11 is 0. The second-order valence-corrected chi connectivity index (χ2v) is 11.7. The summed E-state index contributed by atoms with van der Waals surface area (Å²) in [5, 5.41) is 9.77. The van der Waals surface area contributed by atoms with Crippen LogP contribution in [0.2, 0.25) is 0 Å². The molecular formula is C26H48N2O6. The van der Waals surface area contributed by atoms with Crippen molar-refractivity contribution in [1.82, 2.24) is 4.90 Å². The first kappa shape index (κ1) is 30.2. The number of carboxylic acid groups (broad SMARTS) is 1. The number of nitrogens with two attached hydrogens (primary N) is 1. The number of esters is 1. The average Bonchev–Trinajstić information content (AvgIpc) is 2.69. The largest absolute Gasteiger partial charge is 0.480 e. The molecule has 0 bridgehead atoms. The van der Waals surface area contributed by atoms with E-state index in [0.717, 1.165) is 37.0 Å². The van der Waals surface area contributed by atoms with Crippen LogP contribution in [-0.4, -0.2) is 57.9 Å². The van der Waals surface area contributed by atoms with Crippen molar-refractivity contribution in [2.24, 2.45) is 11.7 Å². The molecule has 0 radical (unpaired) electrons. The number of carbonyl (C=O) groups excluding carboxylic acids is 2. The molecule has 198 valence electrons. The summed E-state index contributed by atoms with van der Waals surface area (Å²) in [5.41, 5.74) is 4.12. The molecule has 3 N–H and O–H groups in total. The Morgan fingerprint density at radius 3 is 1.71 bits per heavy atom. The quantitative estimate of drug-likeness (QED) is 0.493. The minimum Gasteiger partial charge on any atom is -0.480 e. The van der Waals surface area contributed by atoms with Crippen LogP contribution in [0.4, 0.5) is 4.79 Å². The molecule has 0 saturated heterocycles. The normalized spacial score (nSPS) is 18.8. The average molecular weight is 485 g/mol. The van der Waals surface area contributed by atoms with Gasteiger partial charge in [-0.1, -0.05) is 51.4 Å². The highest BCUT2D eigenvalue weighted by molar-refractivity contribution is 5.84. The highest BCUT2D eigenvalue weighted by Gasteiger charge is 2.37. The summed E-state index contributed by atoms with van der Waals surface area (Å²) in [6.45, 7) is 9.82. The maximum Gasteiger partial charge on any atom is 0.411 e. The standard InChI is InChI=1S/C20H35NO6.C6H13N/c1-19(2,3)26-16(22)13-21(18(25)27-20(4,5)6)15(17(23)24)12-14-10-8-7-9-11-14;7-6-4-2-1-3-5-6/h14-15H,7-13H2,1-6H3,(H,23,24);6H,1-5,7H2/t15-;/m1./s1. The monoisotopic (exact) mass is 484 g/mol. The van der Waals surface area contributed by atoms with Crippen LogP contribution in [0.5, 0.6) is 0 Å². The number of carboxylic acids is 1. The van der Waals surface area contributed by atoms with Gasteiger partial charge in [-0.3, -0.25) is 9.69 Å². The molecule has 0 aromatic heterocycles. The number of ether oxygens (including phenoxy) is 2. The lowest BCUT2D eigenvalue weighted by molar-refractivity contribution is -0.158. The van der Waals surface area contributed by atoms with E-state index in [1.807, 2.05) is 0 Å². The highest BCUT2D eigenvalue weighted by Crippen LogP contribution is 2.29. The maximum absolute atomic E-state index is 12.7. The van der Waals surface area contributed by atoms with Crippen molar-refractivity contribution < 1.29 is 29.0 Å². The Balaban J connectivity index is 0.000000700. The molecule has 0 aromatic carbocycles. The molecule has 34 heavy (non-hydrogen) atoms. The first-order chi connectivity index (χ1) is 15.7. The summed E-state index contributed by atoms with van der Waals surface area (Å²) in [4.78, 5) is 37.9. The van der Waals surface area contributed by atoms with Crippen LogP contribution >= 0.6 is 0 Å². The third-order valence-electron chi connectivity index (χ3n) is 5.94. The lowest BCUT2D eigenvalue weighted by atomic mass is 9.84. The van der Waals surface area contributed by atoms with Crippen molar-refractivity contribution in [2.75, 3.05) is 6.54 Å². The van der Waals surface area contributed by atoms with Crippen LogP contribution in [0.25, 0.3) is 0 Å². The predicted molar refractivity (Wildman–Crippen MR) is 132 cm³/mol. The van der Waals surface area contributed by atoms with Crippen LogP contribution in [0.1, 0.15) is 112 Å². The fourth-order valence-corrected chi connectivity index (χ4v) is 4.37. The van der Waals surface area contributed by atoms with Crippen LogP contribution in [-0.2, 0) is 19.1 Å². The molecule has 0 heterocycles. The van der Waals surface area contributed by atoms with Crippen LogP contribution in [0, 0.1) is 5.92 Å². The molecule has 8 nitrogen and oxygen atoms in total. The zero-order valence-electron chi connectivity index (χ0n) is 22.2. The van der Waals surface area contributed by atoms with E-state index >= 15 is 0 Å². The van der Waals surface area contributed by atoms with Gasteiger partial charge < -0.3 is 20.3 Å². The van der Waals surface area contributed by atoms with Gasteiger partial charge in [0.15, 0.2) is 0 Å². The van der Waals surface area contributed by atoms with Gasteiger partial charge in [0.05, 0.1) is 0 Å².